The van der Waals surface area contributed by atoms with Crippen LogP contribution in [0.25, 0.3) is 0 Å². The molecule has 0 aromatic heterocycles. The summed E-state index contributed by atoms with van der Waals surface area (Å²) in [6.07, 6.45) is 5.91. The summed E-state index contributed by atoms with van der Waals surface area (Å²) >= 11 is 0. The number of carbonyl (C=O) groups excluding carboxylic acids is 4. The lowest BCUT2D eigenvalue weighted by atomic mass is 9.75. The van der Waals surface area contributed by atoms with E-state index in [4.69, 9.17) is 4.74 Å². The highest BCUT2D eigenvalue weighted by molar-refractivity contribution is 6.22. The Labute approximate surface area is 182 Å². The summed E-state index contributed by atoms with van der Waals surface area (Å²) in [6, 6.07) is 5.46. The second-order valence-electron chi connectivity index (χ2n) is 9.26. The van der Waals surface area contributed by atoms with Gasteiger partial charge in [0.2, 0.25) is 0 Å². The summed E-state index contributed by atoms with van der Waals surface area (Å²) in [7, 11) is 0. The zero-order valence-electron chi connectivity index (χ0n) is 18.2. The van der Waals surface area contributed by atoms with Gasteiger partial charge in [-0.05, 0) is 42.7 Å². The number of imide groups is 1. The topological polar surface area (TPSA) is 84.0 Å². The predicted octanol–water partition coefficient (Wildman–Crippen LogP) is 2.89. The van der Waals surface area contributed by atoms with E-state index in [2.05, 4.69) is 0 Å². The van der Waals surface area contributed by atoms with E-state index in [0.29, 0.717) is 18.4 Å². The lowest BCUT2D eigenvalue weighted by Gasteiger charge is -2.41. The highest BCUT2D eigenvalue weighted by Crippen LogP contribution is 2.36. The van der Waals surface area contributed by atoms with Crippen LogP contribution in [0.4, 0.5) is 0 Å². The first-order chi connectivity index (χ1) is 14.9. The first-order valence-corrected chi connectivity index (χ1v) is 11.3. The lowest BCUT2D eigenvalue weighted by Crippen LogP contribution is -2.50. The highest BCUT2D eigenvalue weighted by Gasteiger charge is 2.45. The van der Waals surface area contributed by atoms with Gasteiger partial charge in [0.05, 0.1) is 11.1 Å². The molecule has 31 heavy (non-hydrogen) atoms. The van der Waals surface area contributed by atoms with Crippen LogP contribution >= 0.6 is 0 Å². The molecule has 1 aliphatic carbocycles. The average molecular weight is 427 g/mol. The number of benzene rings is 1. The standard InChI is InChI=1S/C24H30N2O5/c1-15(2)21(26-22(28)18-9-5-6-10-19(18)23(26)29)24(30)31-14-20(27)25-12-11-16-7-3-4-8-17(16)13-25/h5-6,9-10,15-17,21H,3-4,7-8,11-14H2,1-2H3/t16-,17-,21+/m0/s1. The van der Waals surface area contributed by atoms with Crippen molar-refractivity contribution in [2.45, 2.75) is 52.0 Å². The largest absolute Gasteiger partial charge is 0.454 e. The molecule has 0 unspecified atom stereocenters. The number of rotatable bonds is 5. The van der Waals surface area contributed by atoms with Crippen LogP contribution in [0.15, 0.2) is 24.3 Å². The quantitative estimate of drug-likeness (QED) is 0.534. The van der Waals surface area contributed by atoms with E-state index < -0.39 is 23.8 Å². The van der Waals surface area contributed by atoms with Crippen LogP contribution in [0.2, 0.25) is 0 Å². The Balaban J connectivity index is 1.39. The fourth-order valence-corrected chi connectivity index (χ4v) is 5.27. The smallest absolute Gasteiger partial charge is 0.330 e. The molecular weight excluding hydrogens is 396 g/mol. The minimum Gasteiger partial charge on any atom is -0.454 e. The number of hydrogen-bond acceptors (Lipinski definition) is 5. The third kappa shape index (κ3) is 4.10. The molecule has 7 nitrogen and oxygen atoms in total. The van der Waals surface area contributed by atoms with Crippen LogP contribution in [0.1, 0.15) is 66.7 Å². The number of fused-ring (bicyclic) bond motifs is 2. The number of likely N-dealkylation sites (tertiary alicyclic amines) is 1. The lowest BCUT2D eigenvalue weighted by molar-refractivity contribution is -0.157. The van der Waals surface area contributed by atoms with Crippen LogP contribution in [0.3, 0.4) is 0 Å². The minimum atomic E-state index is -1.07. The molecule has 1 aromatic rings. The molecule has 2 aliphatic heterocycles. The molecule has 1 aromatic carbocycles. The first-order valence-electron chi connectivity index (χ1n) is 11.3. The van der Waals surface area contributed by atoms with Gasteiger partial charge in [0, 0.05) is 13.1 Å². The summed E-state index contributed by atoms with van der Waals surface area (Å²) in [4.78, 5) is 54.0. The number of carbonyl (C=O) groups is 4. The van der Waals surface area contributed by atoms with Gasteiger partial charge >= 0.3 is 5.97 Å². The van der Waals surface area contributed by atoms with Gasteiger partial charge in [-0.15, -0.1) is 0 Å². The molecule has 1 saturated carbocycles. The molecule has 3 aliphatic rings. The van der Waals surface area contributed by atoms with Crippen LogP contribution in [-0.4, -0.2) is 59.2 Å². The maximum atomic E-state index is 12.9. The number of esters is 1. The maximum Gasteiger partial charge on any atom is 0.330 e. The van der Waals surface area contributed by atoms with Crippen LogP contribution in [-0.2, 0) is 14.3 Å². The Bertz CT molecular complexity index is 861. The van der Waals surface area contributed by atoms with E-state index >= 15 is 0 Å². The number of ether oxygens (including phenoxy) is 1. The van der Waals surface area contributed by atoms with Gasteiger partial charge in [-0.2, -0.15) is 0 Å². The number of hydrogen-bond donors (Lipinski definition) is 0. The van der Waals surface area contributed by atoms with Crippen molar-refractivity contribution in [1.82, 2.24) is 9.80 Å². The molecule has 3 amide bonds. The molecule has 0 spiro atoms. The minimum absolute atomic E-state index is 0.206. The van der Waals surface area contributed by atoms with Gasteiger partial charge in [0.1, 0.15) is 6.04 Å². The SMILES string of the molecule is CC(C)[C@H](C(=O)OCC(=O)N1CC[C@@H]2CCCC[C@H]2C1)N1C(=O)c2ccccc2C1=O. The number of piperidine rings is 1. The van der Waals surface area contributed by atoms with E-state index in [1.807, 2.05) is 0 Å². The van der Waals surface area contributed by atoms with Crippen molar-refractivity contribution in [3.8, 4) is 0 Å². The second-order valence-corrected chi connectivity index (χ2v) is 9.26. The fraction of sp³-hybridized carbons (Fsp3) is 0.583. The van der Waals surface area contributed by atoms with Crippen molar-refractivity contribution in [2.75, 3.05) is 19.7 Å². The summed E-state index contributed by atoms with van der Waals surface area (Å²) in [5, 5.41) is 0. The van der Waals surface area contributed by atoms with Crippen molar-refractivity contribution in [3.63, 3.8) is 0 Å². The number of amides is 3. The van der Waals surface area contributed by atoms with Gasteiger partial charge < -0.3 is 9.64 Å². The molecular formula is C24H30N2O5. The maximum absolute atomic E-state index is 12.9. The molecule has 1 saturated heterocycles. The molecule has 0 bridgehead atoms. The van der Waals surface area contributed by atoms with Crippen molar-refractivity contribution in [3.05, 3.63) is 35.4 Å². The summed E-state index contributed by atoms with van der Waals surface area (Å²) < 4.78 is 5.35. The molecule has 2 heterocycles. The average Bonchev–Trinajstić information content (AvgIpc) is 3.02. The first kappa shape index (κ1) is 21.5. The Hall–Kier alpha value is -2.70. The Kier molecular flexibility index (Phi) is 6.12. The van der Waals surface area contributed by atoms with Crippen LogP contribution < -0.4 is 0 Å². The van der Waals surface area contributed by atoms with Crippen molar-refractivity contribution < 1.29 is 23.9 Å². The van der Waals surface area contributed by atoms with Gasteiger partial charge in [-0.25, -0.2) is 4.79 Å². The van der Waals surface area contributed by atoms with Crippen molar-refractivity contribution >= 4 is 23.7 Å². The molecule has 0 radical (unpaired) electrons. The predicted molar refractivity (Wildman–Crippen MR) is 113 cm³/mol. The molecule has 166 valence electrons. The fourth-order valence-electron chi connectivity index (χ4n) is 5.27. The molecule has 7 heteroatoms. The van der Waals surface area contributed by atoms with E-state index in [1.54, 1.807) is 43.0 Å². The van der Waals surface area contributed by atoms with Gasteiger partial charge in [0.15, 0.2) is 6.61 Å². The van der Waals surface area contributed by atoms with Crippen molar-refractivity contribution in [1.29, 1.82) is 0 Å². The second kappa shape index (κ2) is 8.81. The summed E-state index contributed by atoms with van der Waals surface area (Å²) in [6.45, 7) is 4.58. The Morgan fingerprint density at radius 2 is 1.61 bits per heavy atom. The zero-order valence-corrected chi connectivity index (χ0v) is 18.2. The molecule has 0 N–H and O–H groups in total. The third-order valence-corrected chi connectivity index (χ3v) is 6.96. The normalized spacial score (nSPS) is 24.1. The highest BCUT2D eigenvalue weighted by atomic mass is 16.5. The Morgan fingerprint density at radius 1 is 1.00 bits per heavy atom. The summed E-state index contributed by atoms with van der Waals surface area (Å²) in [5.41, 5.74) is 0.578. The third-order valence-electron chi connectivity index (χ3n) is 6.96. The van der Waals surface area contributed by atoms with E-state index in [-0.39, 0.29) is 29.6 Å². The van der Waals surface area contributed by atoms with Gasteiger partial charge in [0.25, 0.3) is 17.7 Å². The van der Waals surface area contributed by atoms with Crippen LogP contribution in [0, 0.1) is 17.8 Å². The van der Waals surface area contributed by atoms with E-state index in [9.17, 15) is 19.2 Å². The van der Waals surface area contributed by atoms with Crippen molar-refractivity contribution in [2.24, 2.45) is 17.8 Å². The molecule has 4 rings (SSSR count). The van der Waals surface area contributed by atoms with E-state index in [0.717, 1.165) is 24.3 Å². The summed E-state index contributed by atoms with van der Waals surface area (Å²) in [5.74, 6) is -1.01. The van der Waals surface area contributed by atoms with Gasteiger partial charge in [-0.3, -0.25) is 19.3 Å². The van der Waals surface area contributed by atoms with Crippen LogP contribution in [0.5, 0.6) is 0 Å². The molecule has 2 fully saturated rings. The van der Waals surface area contributed by atoms with Gasteiger partial charge in [-0.1, -0.05) is 45.2 Å². The number of nitrogens with zero attached hydrogens (tertiary/aromatic N) is 2. The monoisotopic (exact) mass is 426 g/mol. The van der Waals surface area contributed by atoms with E-state index in [1.165, 1.54) is 19.3 Å². The zero-order chi connectivity index (χ0) is 22.1. The Morgan fingerprint density at radius 3 is 2.23 bits per heavy atom. The molecule has 3 atom stereocenters.